The molecule has 0 unspecified atom stereocenters. The highest BCUT2D eigenvalue weighted by atomic mass is 32.2. The van der Waals surface area contributed by atoms with Crippen LogP contribution in [0, 0.1) is 0 Å². The minimum absolute atomic E-state index is 0.0967. The molecule has 1 aliphatic rings. The maximum atomic E-state index is 13.0. The average molecular weight is 359 g/mol. The maximum Gasteiger partial charge on any atom is 0.258 e. The zero-order chi connectivity index (χ0) is 17.8. The lowest BCUT2D eigenvalue weighted by Crippen LogP contribution is -2.35. The van der Waals surface area contributed by atoms with Gasteiger partial charge in [0.25, 0.3) is 5.91 Å². The number of carbonyl (C=O) groups excluding carboxylic acids is 1. The van der Waals surface area contributed by atoms with E-state index in [2.05, 4.69) is 48.5 Å². The van der Waals surface area contributed by atoms with Crippen molar-refractivity contribution in [2.75, 3.05) is 11.4 Å². The molecule has 1 aliphatic heterocycles. The second-order valence-electron chi connectivity index (χ2n) is 6.49. The summed E-state index contributed by atoms with van der Waals surface area (Å²) in [5.41, 5.74) is 4.32. The number of fused-ring (bicyclic) bond motifs is 1. The van der Waals surface area contributed by atoms with Gasteiger partial charge in [-0.05, 0) is 54.3 Å². The van der Waals surface area contributed by atoms with E-state index < -0.39 is 0 Å². The Balaban J connectivity index is 1.46. The Bertz CT molecular complexity index is 890. The van der Waals surface area contributed by atoms with E-state index in [1.54, 1.807) is 0 Å². The Morgan fingerprint density at radius 2 is 1.62 bits per heavy atom. The van der Waals surface area contributed by atoms with Crippen LogP contribution >= 0.6 is 11.8 Å². The van der Waals surface area contributed by atoms with Crippen LogP contribution in [-0.4, -0.2) is 12.5 Å². The van der Waals surface area contributed by atoms with E-state index in [-0.39, 0.29) is 5.91 Å². The number of para-hydroxylation sites is 1. The SMILES string of the molecule is O=C(c1ccc(CSc2ccccc2)cc1)N1CCCc2ccccc21. The number of rotatable bonds is 4. The van der Waals surface area contributed by atoms with Gasteiger partial charge in [-0.3, -0.25) is 4.79 Å². The number of aryl methyl sites for hydroxylation is 1. The van der Waals surface area contributed by atoms with Crippen molar-refractivity contribution in [2.45, 2.75) is 23.5 Å². The summed E-state index contributed by atoms with van der Waals surface area (Å²) in [5.74, 6) is 1.00. The second kappa shape index (κ2) is 7.79. The topological polar surface area (TPSA) is 20.3 Å². The lowest BCUT2D eigenvalue weighted by molar-refractivity contribution is 0.0985. The van der Waals surface area contributed by atoms with E-state index in [0.29, 0.717) is 0 Å². The van der Waals surface area contributed by atoms with Crippen LogP contribution in [0.25, 0.3) is 0 Å². The fraction of sp³-hybridized carbons (Fsp3) is 0.174. The molecule has 0 N–H and O–H groups in total. The quantitative estimate of drug-likeness (QED) is 0.567. The molecule has 4 rings (SSSR count). The third kappa shape index (κ3) is 3.68. The zero-order valence-electron chi connectivity index (χ0n) is 14.6. The van der Waals surface area contributed by atoms with Gasteiger partial charge in [-0.1, -0.05) is 48.5 Å². The van der Waals surface area contributed by atoms with Gasteiger partial charge in [0.05, 0.1) is 0 Å². The van der Waals surface area contributed by atoms with Gasteiger partial charge < -0.3 is 4.90 Å². The number of anilines is 1. The summed E-state index contributed by atoms with van der Waals surface area (Å²) in [7, 11) is 0. The van der Waals surface area contributed by atoms with Gasteiger partial charge in [-0.15, -0.1) is 11.8 Å². The Labute approximate surface area is 158 Å². The van der Waals surface area contributed by atoms with Crippen LogP contribution in [0.5, 0.6) is 0 Å². The largest absolute Gasteiger partial charge is 0.308 e. The number of hydrogen-bond donors (Lipinski definition) is 0. The first-order chi connectivity index (χ1) is 12.8. The minimum Gasteiger partial charge on any atom is -0.308 e. The molecule has 0 radical (unpaired) electrons. The molecular formula is C23H21NOS. The van der Waals surface area contributed by atoms with Crippen LogP contribution in [-0.2, 0) is 12.2 Å². The molecule has 0 saturated heterocycles. The molecule has 0 atom stereocenters. The van der Waals surface area contributed by atoms with Crippen LogP contribution in [0.15, 0.2) is 83.8 Å². The fourth-order valence-corrected chi connectivity index (χ4v) is 4.20. The first-order valence-corrected chi connectivity index (χ1v) is 9.96. The smallest absolute Gasteiger partial charge is 0.258 e. The number of nitrogens with zero attached hydrogens (tertiary/aromatic N) is 1. The summed E-state index contributed by atoms with van der Waals surface area (Å²) in [5, 5.41) is 0. The van der Waals surface area contributed by atoms with Crippen LogP contribution in [0.4, 0.5) is 5.69 Å². The van der Waals surface area contributed by atoms with Crippen LogP contribution in [0.3, 0.4) is 0 Å². The molecule has 3 aromatic rings. The van der Waals surface area contributed by atoms with Gasteiger partial charge in [0.1, 0.15) is 0 Å². The van der Waals surface area contributed by atoms with E-state index >= 15 is 0 Å². The zero-order valence-corrected chi connectivity index (χ0v) is 15.4. The van der Waals surface area contributed by atoms with E-state index in [0.717, 1.165) is 36.4 Å². The van der Waals surface area contributed by atoms with Crippen molar-refractivity contribution in [2.24, 2.45) is 0 Å². The van der Waals surface area contributed by atoms with Crippen LogP contribution < -0.4 is 4.90 Å². The molecule has 3 heteroatoms. The third-order valence-electron chi connectivity index (χ3n) is 4.70. The molecule has 26 heavy (non-hydrogen) atoms. The van der Waals surface area contributed by atoms with Gasteiger partial charge in [-0.25, -0.2) is 0 Å². The summed E-state index contributed by atoms with van der Waals surface area (Å²) in [6.07, 6.45) is 2.07. The predicted molar refractivity (Wildman–Crippen MR) is 109 cm³/mol. The molecule has 130 valence electrons. The van der Waals surface area contributed by atoms with Gasteiger partial charge in [0.2, 0.25) is 0 Å². The molecule has 0 spiro atoms. The molecular weight excluding hydrogens is 338 g/mol. The van der Waals surface area contributed by atoms with Crippen molar-refractivity contribution in [3.05, 3.63) is 95.6 Å². The Hall–Kier alpha value is -2.52. The number of thioether (sulfide) groups is 1. The Morgan fingerprint density at radius 1 is 0.885 bits per heavy atom. The highest BCUT2D eigenvalue weighted by molar-refractivity contribution is 7.98. The molecule has 0 aromatic heterocycles. The average Bonchev–Trinajstić information content (AvgIpc) is 2.72. The molecule has 0 bridgehead atoms. The number of hydrogen-bond acceptors (Lipinski definition) is 2. The fourth-order valence-electron chi connectivity index (χ4n) is 3.33. The van der Waals surface area contributed by atoms with Crippen molar-refractivity contribution in [3.8, 4) is 0 Å². The second-order valence-corrected chi connectivity index (χ2v) is 7.54. The van der Waals surface area contributed by atoms with Crippen molar-refractivity contribution in [1.82, 2.24) is 0 Å². The molecule has 3 aromatic carbocycles. The first kappa shape index (κ1) is 16.9. The van der Waals surface area contributed by atoms with Crippen molar-refractivity contribution in [3.63, 3.8) is 0 Å². The molecule has 0 fully saturated rings. The standard InChI is InChI=1S/C23H21NOS/c25-23(24-16-6-8-19-7-4-5-11-22(19)24)20-14-12-18(13-15-20)17-26-21-9-2-1-3-10-21/h1-5,7,9-15H,6,8,16-17H2. The maximum absolute atomic E-state index is 13.0. The highest BCUT2D eigenvalue weighted by Crippen LogP contribution is 2.28. The van der Waals surface area contributed by atoms with E-state index in [4.69, 9.17) is 0 Å². The summed E-state index contributed by atoms with van der Waals surface area (Å²) in [6.45, 7) is 0.793. The summed E-state index contributed by atoms with van der Waals surface area (Å²) >= 11 is 1.81. The lowest BCUT2D eigenvalue weighted by Gasteiger charge is -2.29. The van der Waals surface area contributed by atoms with Crippen molar-refractivity contribution < 1.29 is 4.79 Å². The van der Waals surface area contributed by atoms with Gasteiger partial charge in [0, 0.05) is 28.4 Å². The van der Waals surface area contributed by atoms with Gasteiger partial charge in [0.15, 0.2) is 0 Å². The molecule has 1 heterocycles. The van der Waals surface area contributed by atoms with Crippen molar-refractivity contribution in [1.29, 1.82) is 0 Å². The molecule has 1 amide bonds. The minimum atomic E-state index is 0.0967. The van der Waals surface area contributed by atoms with Crippen LogP contribution in [0.1, 0.15) is 27.9 Å². The lowest BCUT2D eigenvalue weighted by atomic mass is 10.0. The van der Waals surface area contributed by atoms with Crippen molar-refractivity contribution >= 4 is 23.4 Å². The van der Waals surface area contributed by atoms with Crippen LogP contribution in [0.2, 0.25) is 0 Å². The summed E-state index contributed by atoms with van der Waals surface area (Å²) in [4.78, 5) is 16.2. The predicted octanol–water partition coefficient (Wildman–Crippen LogP) is 5.57. The molecule has 0 aliphatic carbocycles. The summed E-state index contributed by atoms with van der Waals surface area (Å²) < 4.78 is 0. The molecule has 2 nitrogen and oxygen atoms in total. The number of benzene rings is 3. The van der Waals surface area contributed by atoms with E-state index in [1.807, 2.05) is 47.0 Å². The molecule has 0 saturated carbocycles. The number of amides is 1. The monoisotopic (exact) mass is 359 g/mol. The summed E-state index contributed by atoms with van der Waals surface area (Å²) in [6, 6.07) is 26.7. The van der Waals surface area contributed by atoms with E-state index in [1.165, 1.54) is 16.0 Å². The normalized spacial score (nSPS) is 13.3. The number of carbonyl (C=O) groups is 1. The van der Waals surface area contributed by atoms with Gasteiger partial charge in [-0.2, -0.15) is 0 Å². The Kier molecular flexibility index (Phi) is 5.07. The Morgan fingerprint density at radius 3 is 2.42 bits per heavy atom. The third-order valence-corrected chi connectivity index (χ3v) is 5.79. The van der Waals surface area contributed by atoms with E-state index in [9.17, 15) is 4.79 Å². The van der Waals surface area contributed by atoms with Gasteiger partial charge >= 0.3 is 0 Å². The highest BCUT2D eigenvalue weighted by Gasteiger charge is 2.23. The first-order valence-electron chi connectivity index (χ1n) is 8.98.